The van der Waals surface area contributed by atoms with E-state index < -0.39 is 0 Å². The number of hydrogen-bond donors (Lipinski definition) is 1. The first-order valence-corrected chi connectivity index (χ1v) is 7.55. The topological polar surface area (TPSA) is 45.6 Å². The van der Waals surface area contributed by atoms with Crippen molar-refractivity contribution in [3.8, 4) is 0 Å². The zero-order valence-electron chi connectivity index (χ0n) is 12.9. The smallest absolute Gasteiger partial charge is 0.356 e. The summed E-state index contributed by atoms with van der Waals surface area (Å²) in [6, 6.07) is 15.4. The Morgan fingerprint density at radius 3 is 2.13 bits per heavy atom. The van der Waals surface area contributed by atoms with E-state index in [4.69, 9.17) is 11.6 Å². The van der Waals surface area contributed by atoms with Gasteiger partial charge in [0, 0.05) is 21.5 Å². The van der Waals surface area contributed by atoms with Crippen LogP contribution in [-0.2, 0) is 14.1 Å². The highest BCUT2D eigenvalue weighted by atomic mass is 35.5. The fourth-order valence-corrected chi connectivity index (χ4v) is 2.26. The molecule has 3 rings (SSSR count). The van der Waals surface area contributed by atoms with Crippen LogP contribution in [0.2, 0.25) is 5.02 Å². The van der Waals surface area contributed by atoms with Crippen LogP contribution in [0.15, 0.2) is 71.2 Å². The Hall–Kier alpha value is -2.66. The molecule has 0 saturated carbocycles. The van der Waals surface area contributed by atoms with E-state index in [0.29, 0.717) is 0 Å². The summed E-state index contributed by atoms with van der Waals surface area (Å²) in [5.41, 5.74) is 2.77. The molecule has 23 heavy (non-hydrogen) atoms. The van der Waals surface area contributed by atoms with E-state index in [1.165, 1.54) is 0 Å². The van der Waals surface area contributed by atoms with Crippen molar-refractivity contribution in [3.05, 3.63) is 65.9 Å². The molecule has 0 saturated heterocycles. The lowest BCUT2D eigenvalue weighted by molar-refractivity contribution is -0.657. The van der Waals surface area contributed by atoms with Gasteiger partial charge in [-0.3, -0.25) is 0 Å². The van der Waals surface area contributed by atoms with Gasteiger partial charge in [0.15, 0.2) is 0 Å². The van der Waals surface area contributed by atoms with Gasteiger partial charge in [0.25, 0.3) is 0 Å². The maximum Gasteiger partial charge on any atom is 0.421 e. The lowest BCUT2D eigenvalue weighted by atomic mass is 10.2. The van der Waals surface area contributed by atoms with Gasteiger partial charge in [0.1, 0.15) is 5.69 Å². The monoisotopic (exact) mass is 326 g/mol. The third-order valence-electron chi connectivity index (χ3n) is 3.40. The fourth-order valence-electron chi connectivity index (χ4n) is 2.14. The van der Waals surface area contributed by atoms with Gasteiger partial charge in [-0.05, 0) is 48.5 Å². The number of hydrogen-bond acceptors (Lipinski definition) is 3. The summed E-state index contributed by atoms with van der Waals surface area (Å²) in [4.78, 5) is 0. The lowest BCUT2D eigenvalue weighted by Gasteiger charge is -2.06. The maximum absolute atomic E-state index is 5.88. The van der Waals surface area contributed by atoms with Crippen LogP contribution in [0.1, 0.15) is 0 Å². The Morgan fingerprint density at radius 1 is 0.957 bits per heavy atom. The summed E-state index contributed by atoms with van der Waals surface area (Å²) >= 11 is 5.88. The van der Waals surface area contributed by atoms with Gasteiger partial charge in [0.05, 0.1) is 26.5 Å². The third-order valence-corrected chi connectivity index (χ3v) is 3.65. The molecule has 1 aromatic heterocycles. The number of azo groups is 1. The first kappa shape index (κ1) is 15.2. The van der Waals surface area contributed by atoms with Gasteiger partial charge >= 0.3 is 5.95 Å². The molecule has 3 aromatic rings. The van der Waals surface area contributed by atoms with E-state index >= 15 is 0 Å². The predicted octanol–water partition coefficient (Wildman–Crippen LogP) is 4.66. The molecule has 1 heterocycles. The maximum atomic E-state index is 5.88. The van der Waals surface area contributed by atoms with E-state index in [9.17, 15) is 0 Å². The Bertz CT molecular complexity index is 800. The van der Waals surface area contributed by atoms with Crippen molar-refractivity contribution in [3.63, 3.8) is 0 Å². The summed E-state index contributed by atoms with van der Waals surface area (Å²) in [5.74, 6) is 0.786. The molecule has 0 aliphatic heterocycles. The summed E-state index contributed by atoms with van der Waals surface area (Å²) in [5, 5.41) is 12.6. The van der Waals surface area contributed by atoms with Crippen LogP contribution >= 0.6 is 11.6 Å². The van der Waals surface area contributed by atoms with Crippen molar-refractivity contribution in [2.75, 3.05) is 5.32 Å². The second kappa shape index (κ2) is 6.62. The highest BCUT2D eigenvalue weighted by Gasteiger charge is 2.10. The second-order valence-corrected chi connectivity index (χ2v) is 5.64. The molecule has 0 fully saturated rings. The average molecular weight is 327 g/mol. The standard InChI is InChI=1S/C17H16ClN5/c1-22-11-12-23(2)17(22)21-20-16-9-7-15(8-10-16)19-14-5-3-13(18)4-6-14/h3-12H,1-2H3/p+1. The average Bonchev–Trinajstić information content (AvgIpc) is 2.88. The van der Waals surface area contributed by atoms with Crippen LogP contribution in [0.5, 0.6) is 0 Å². The third kappa shape index (κ3) is 3.76. The second-order valence-electron chi connectivity index (χ2n) is 5.20. The number of anilines is 2. The Labute approximate surface area is 139 Å². The van der Waals surface area contributed by atoms with Crippen molar-refractivity contribution in [1.29, 1.82) is 0 Å². The van der Waals surface area contributed by atoms with Crippen molar-refractivity contribution < 1.29 is 4.57 Å². The fraction of sp³-hybridized carbons (Fsp3) is 0.118. The van der Waals surface area contributed by atoms with Crippen LogP contribution in [0, 0.1) is 0 Å². The molecule has 116 valence electrons. The Morgan fingerprint density at radius 2 is 1.57 bits per heavy atom. The number of halogens is 1. The molecule has 6 heteroatoms. The number of aryl methyl sites for hydroxylation is 2. The number of imidazole rings is 1. The largest absolute Gasteiger partial charge is 0.421 e. The highest BCUT2D eigenvalue weighted by Crippen LogP contribution is 2.22. The quantitative estimate of drug-likeness (QED) is 0.550. The Kier molecular flexibility index (Phi) is 4.39. The van der Waals surface area contributed by atoms with Crippen molar-refractivity contribution in [2.45, 2.75) is 0 Å². The minimum Gasteiger partial charge on any atom is -0.356 e. The predicted molar refractivity (Wildman–Crippen MR) is 91.9 cm³/mol. The van der Waals surface area contributed by atoms with Gasteiger partial charge < -0.3 is 5.32 Å². The summed E-state index contributed by atoms with van der Waals surface area (Å²) in [6.07, 6.45) is 3.88. The zero-order valence-corrected chi connectivity index (χ0v) is 13.7. The van der Waals surface area contributed by atoms with Crippen LogP contribution in [0.4, 0.5) is 23.0 Å². The van der Waals surface area contributed by atoms with Crippen molar-refractivity contribution in [1.82, 2.24) is 4.57 Å². The van der Waals surface area contributed by atoms with Gasteiger partial charge in [-0.25, -0.2) is 9.13 Å². The van der Waals surface area contributed by atoms with Crippen LogP contribution in [0.3, 0.4) is 0 Å². The normalized spacial score (nSPS) is 11.1. The molecule has 0 aliphatic carbocycles. The number of rotatable bonds is 4. The molecule has 1 N–H and O–H groups in total. The molecule has 0 amide bonds. The van der Waals surface area contributed by atoms with Gasteiger partial charge in [-0.15, -0.1) is 0 Å². The number of benzene rings is 2. The Balaban J connectivity index is 1.71. The van der Waals surface area contributed by atoms with Gasteiger partial charge in [0.2, 0.25) is 0 Å². The first-order chi connectivity index (χ1) is 11.1. The molecule has 0 bridgehead atoms. The number of nitrogens with one attached hydrogen (secondary N) is 1. The van der Waals surface area contributed by atoms with Crippen LogP contribution in [-0.4, -0.2) is 4.57 Å². The molecule has 5 nitrogen and oxygen atoms in total. The minimum atomic E-state index is 0.722. The number of aromatic nitrogens is 2. The van der Waals surface area contributed by atoms with E-state index in [-0.39, 0.29) is 0 Å². The molecule has 0 spiro atoms. The minimum absolute atomic E-state index is 0.722. The molecule has 0 radical (unpaired) electrons. The van der Waals surface area contributed by atoms with Crippen LogP contribution < -0.4 is 9.88 Å². The summed E-state index contributed by atoms with van der Waals surface area (Å²) in [6.45, 7) is 0. The van der Waals surface area contributed by atoms with E-state index in [2.05, 4.69) is 15.5 Å². The van der Waals surface area contributed by atoms with Crippen molar-refractivity contribution in [2.24, 2.45) is 24.3 Å². The zero-order chi connectivity index (χ0) is 16.2. The lowest BCUT2D eigenvalue weighted by Crippen LogP contribution is -2.25. The molecular weight excluding hydrogens is 310 g/mol. The summed E-state index contributed by atoms with van der Waals surface area (Å²) < 4.78 is 3.83. The van der Waals surface area contributed by atoms with Crippen LogP contribution in [0.25, 0.3) is 0 Å². The SMILES string of the molecule is Cn1cc[n+](C)c1N=Nc1ccc(Nc2ccc(Cl)cc2)cc1. The van der Waals surface area contributed by atoms with E-state index in [0.717, 1.165) is 28.0 Å². The van der Waals surface area contributed by atoms with Gasteiger partial charge in [-0.2, -0.15) is 0 Å². The first-order valence-electron chi connectivity index (χ1n) is 7.17. The molecule has 0 aliphatic rings. The highest BCUT2D eigenvalue weighted by molar-refractivity contribution is 6.30. The molecule has 0 unspecified atom stereocenters. The molecule has 2 aromatic carbocycles. The molecular formula is C17H17ClN5+. The summed E-state index contributed by atoms with van der Waals surface area (Å²) in [7, 11) is 3.88. The molecule has 0 atom stereocenters. The number of nitrogens with zero attached hydrogens (tertiary/aromatic N) is 4. The van der Waals surface area contributed by atoms with E-state index in [1.807, 2.05) is 84.2 Å². The van der Waals surface area contributed by atoms with Gasteiger partial charge in [-0.1, -0.05) is 16.7 Å². The van der Waals surface area contributed by atoms with E-state index in [1.54, 1.807) is 0 Å². The van der Waals surface area contributed by atoms with Crippen molar-refractivity contribution >= 4 is 34.6 Å².